The van der Waals surface area contributed by atoms with E-state index in [1.807, 2.05) is 38.1 Å². The first-order chi connectivity index (χ1) is 9.51. The summed E-state index contributed by atoms with van der Waals surface area (Å²) in [6, 6.07) is 7.64. The van der Waals surface area contributed by atoms with E-state index in [1.165, 1.54) is 9.80 Å². The van der Waals surface area contributed by atoms with E-state index in [0.29, 0.717) is 13.1 Å². The zero-order chi connectivity index (χ0) is 15.1. The van der Waals surface area contributed by atoms with E-state index in [-0.39, 0.29) is 0 Å². The maximum Gasteiger partial charge on any atom is 0.316 e. The summed E-state index contributed by atoms with van der Waals surface area (Å²) in [5, 5.41) is 0. The highest BCUT2D eigenvalue weighted by Gasteiger charge is 2.24. The molecule has 1 aromatic rings. The van der Waals surface area contributed by atoms with Crippen molar-refractivity contribution in [1.29, 1.82) is 0 Å². The maximum atomic E-state index is 12.3. The Morgan fingerprint density at radius 3 is 2.40 bits per heavy atom. The number of anilines is 1. The van der Waals surface area contributed by atoms with Crippen LogP contribution in [0.2, 0.25) is 0 Å². The minimum absolute atomic E-state index is 0.443. The molecule has 0 radical (unpaired) electrons. The van der Waals surface area contributed by atoms with Crippen LogP contribution >= 0.6 is 0 Å². The third-order valence-electron chi connectivity index (χ3n) is 3.25. The molecular formula is C16H24N2O2. The van der Waals surface area contributed by atoms with Crippen molar-refractivity contribution in [3.8, 4) is 0 Å². The first-order valence-corrected chi connectivity index (χ1v) is 7.14. The van der Waals surface area contributed by atoms with Gasteiger partial charge in [-0.25, -0.2) is 0 Å². The van der Waals surface area contributed by atoms with Gasteiger partial charge in [-0.3, -0.25) is 9.59 Å². The van der Waals surface area contributed by atoms with Crippen molar-refractivity contribution in [2.45, 2.75) is 33.6 Å². The third-order valence-corrected chi connectivity index (χ3v) is 3.25. The Kier molecular flexibility index (Phi) is 6.22. The van der Waals surface area contributed by atoms with Crippen LogP contribution in [0.1, 0.15) is 32.3 Å². The minimum atomic E-state index is -0.461. The van der Waals surface area contributed by atoms with Crippen molar-refractivity contribution in [3.05, 3.63) is 29.8 Å². The fraction of sp³-hybridized carbons (Fsp3) is 0.500. The van der Waals surface area contributed by atoms with Gasteiger partial charge in [-0.1, -0.05) is 25.5 Å². The highest BCUT2D eigenvalue weighted by molar-refractivity contribution is 6.40. The Labute approximate surface area is 121 Å². The highest BCUT2D eigenvalue weighted by Crippen LogP contribution is 2.16. The SMILES string of the molecule is CCCCN(C)C(=O)C(=O)N(CC)c1cccc(C)c1. The second kappa shape index (κ2) is 7.68. The molecule has 110 valence electrons. The second-order valence-electron chi connectivity index (χ2n) is 4.97. The molecule has 1 rings (SSSR count). The number of benzene rings is 1. The molecule has 0 atom stereocenters. The lowest BCUT2D eigenvalue weighted by molar-refractivity contribution is -0.143. The molecule has 0 saturated heterocycles. The smallest absolute Gasteiger partial charge is 0.316 e. The van der Waals surface area contributed by atoms with Crippen LogP contribution in [0.15, 0.2) is 24.3 Å². The molecule has 0 bridgehead atoms. The molecule has 0 heterocycles. The topological polar surface area (TPSA) is 40.6 Å². The van der Waals surface area contributed by atoms with Gasteiger partial charge in [-0.15, -0.1) is 0 Å². The molecule has 20 heavy (non-hydrogen) atoms. The van der Waals surface area contributed by atoms with Gasteiger partial charge in [0.05, 0.1) is 0 Å². The zero-order valence-corrected chi connectivity index (χ0v) is 12.8. The average Bonchev–Trinajstić information content (AvgIpc) is 2.44. The van der Waals surface area contributed by atoms with E-state index in [0.717, 1.165) is 24.1 Å². The van der Waals surface area contributed by atoms with Gasteiger partial charge in [0.15, 0.2) is 0 Å². The lowest BCUT2D eigenvalue weighted by atomic mass is 10.2. The van der Waals surface area contributed by atoms with Crippen LogP contribution in [0.5, 0.6) is 0 Å². The first kappa shape index (κ1) is 16.2. The number of unbranched alkanes of at least 4 members (excludes halogenated alkanes) is 1. The van der Waals surface area contributed by atoms with Gasteiger partial charge in [0, 0.05) is 25.8 Å². The predicted molar refractivity (Wildman–Crippen MR) is 81.8 cm³/mol. The lowest BCUT2D eigenvalue weighted by Gasteiger charge is -2.24. The molecule has 0 saturated carbocycles. The van der Waals surface area contributed by atoms with E-state index in [4.69, 9.17) is 0 Å². The summed E-state index contributed by atoms with van der Waals surface area (Å²) in [5.41, 5.74) is 1.84. The van der Waals surface area contributed by atoms with E-state index < -0.39 is 11.8 Å². The Morgan fingerprint density at radius 1 is 1.15 bits per heavy atom. The number of carbonyl (C=O) groups excluding carboxylic acids is 2. The molecule has 0 unspecified atom stereocenters. The fourth-order valence-electron chi connectivity index (χ4n) is 2.01. The molecule has 0 aromatic heterocycles. The lowest BCUT2D eigenvalue weighted by Crippen LogP contribution is -2.44. The minimum Gasteiger partial charge on any atom is -0.337 e. The molecular weight excluding hydrogens is 252 g/mol. The molecule has 0 fully saturated rings. The number of hydrogen-bond acceptors (Lipinski definition) is 2. The molecule has 4 nitrogen and oxygen atoms in total. The summed E-state index contributed by atoms with van der Waals surface area (Å²) in [6.45, 7) is 7.00. The summed E-state index contributed by atoms with van der Waals surface area (Å²) < 4.78 is 0. The standard InChI is InChI=1S/C16H24N2O2/c1-5-7-11-17(4)15(19)16(20)18(6-2)14-10-8-9-13(3)12-14/h8-10,12H,5-7,11H2,1-4H3. The molecule has 0 aliphatic heterocycles. The normalized spacial score (nSPS) is 10.2. The van der Waals surface area contributed by atoms with Crippen LogP contribution in [-0.2, 0) is 9.59 Å². The van der Waals surface area contributed by atoms with Crippen molar-refractivity contribution in [3.63, 3.8) is 0 Å². The molecule has 1 aromatic carbocycles. The van der Waals surface area contributed by atoms with E-state index in [1.54, 1.807) is 7.05 Å². The molecule has 0 spiro atoms. The number of nitrogens with zero attached hydrogens (tertiary/aromatic N) is 2. The van der Waals surface area contributed by atoms with Crippen LogP contribution in [-0.4, -0.2) is 36.9 Å². The van der Waals surface area contributed by atoms with Gasteiger partial charge in [-0.2, -0.15) is 0 Å². The summed E-state index contributed by atoms with van der Waals surface area (Å²) in [7, 11) is 1.68. The van der Waals surface area contributed by atoms with Gasteiger partial charge < -0.3 is 9.80 Å². The monoisotopic (exact) mass is 276 g/mol. The quantitative estimate of drug-likeness (QED) is 0.776. The van der Waals surface area contributed by atoms with Crippen LogP contribution in [0.3, 0.4) is 0 Å². The fourth-order valence-corrected chi connectivity index (χ4v) is 2.01. The zero-order valence-electron chi connectivity index (χ0n) is 12.8. The molecule has 0 aliphatic carbocycles. The van der Waals surface area contributed by atoms with Crippen molar-refractivity contribution in [2.24, 2.45) is 0 Å². The number of aryl methyl sites for hydroxylation is 1. The number of hydrogen-bond donors (Lipinski definition) is 0. The number of likely N-dealkylation sites (N-methyl/N-ethyl adjacent to an activating group) is 2. The predicted octanol–water partition coefficient (Wildman–Crippen LogP) is 2.61. The van der Waals surface area contributed by atoms with Crippen molar-refractivity contribution >= 4 is 17.5 Å². The number of carbonyl (C=O) groups is 2. The van der Waals surface area contributed by atoms with Crippen LogP contribution in [0.25, 0.3) is 0 Å². The molecule has 2 amide bonds. The summed E-state index contributed by atoms with van der Waals surface area (Å²) in [5.74, 6) is -0.904. The Hall–Kier alpha value is -1.84. The van der Waals surface area contributed by atoms with Crippen molar-refractivity contribution < 1.29 is 9.59 Å². The van der Waals surface area contributed by atoms with Crippen molar-refractivity contribution in [1.82, 2.24) is 4.90 Å². The van der Waals surface area contributed by atoms with Gasteiger partial charge in [0.25, 0.3) is 0 Å². The largest absolute Gasteiger partial charge is 0.337 e. The van der Waals surface area contributed by atoms with Crippen LogP contribution in [0.4, 0.5) is 5.69 Å². The van der Waals surface area contributed by atoms with E-state index in [2.05, 4.69) is 6.92 Å². The summed E-state index contributed by atoms with van der Waals surface area (Å²) >= 11 is 0. The molecule has 0 aliphatic rings. The van der Waals surface area contributed by atoms with Gasteiger partial charge in [0.2, 0.25) is 0 Å². The average molecular weight is 276 g/mol. The molecule has 0 N–H and O–H groups in total. The van der Waals surface area contributed by atoms with E-state index >= 15 is 0 Å². The Bertz CT molecular complexity index is 471. The maximum absolute atomic E-state index is 12.3. The second-order valence-corrected chi connectivity index (χ2v) is 4.97. The summed E-state index contributed by atoms with van der Waals surface area (Å²) in [6.07, 6.45) is 1.91. The van der Waals surface area contributed by atoms with Gasteiger partial charge >= 0.3 is 11.8 Å². The van der Waals surface area contributed by atoms with E-state index in [9.17, 15) is 9.59 Å². The Morgan fingerprint density at radius 2 is 1.85 bits per heavy atom. The highest BCUT2D eigenvalue weighted by atomic mass is 16.2. The van der Waals surface area contributed by atoms with Gasteiger partial charge in [0.1, 0.15) is 0 Å². The first-order valence-electron chi connectivity index (χ1n) is 7.14. The van der Waals surface area contributed by atoms with Crippen molar-refractivity contribution in [2.75, 3.05) is 25.0 Å². The Balaban J connectivity index is 2.84. The van der Waals surface area contributed by atoms with Crippen LogP contribution in [0, 0.1) is 6.92 Å². The number of rotatable bonds is 5. The third kappa shape index (κ3) is 4.08. The summed E-state index contributed by atoms with van der Waals surface area (Å²) in [4.78, 5) is 27.5. The number of amides is 2. The van der Waals surface area contributed by atoms with Crippen LogP contribution < -0.4 is 4.90 Å². The van der Waals surface area contributed by atoms with Gasteiger partial charge in [-0.05, 0) is 38.0 Å². The molecule has 4 heteroatoms.